The molecule has 5 aromatic carbocycles. The van der Waals surface area contributed by atoms with Crippen molar-refractivity contribution < 1.29 is 0 Å². The standard InChI is InChI=1S/C43H40N4/c1-29(2)34-15-6-7-16-35(34)30-23-24-44-42(25-30)47-38-18-9-8-17-36(38)37-22-21-32(27-41(37)47)43(3,4)31-13-12-14-33(26-31)46-28-45(5)39-19-10-11-20-40(39)46/h6-27,29H,28H2,1-5H3. The minimum atomic E-state index is -0.234. The molecule has 3 heterocycles. The van der Waals surface area contributed by atoms with E-state index < -0.39 is 0 Å². The van der Waals surface area contributed by atoms with Gasteiger partial charge in [0.2, 0.25) is 0 Å². The van der Waals surface area contributed by atoms with E-state index >= 15 is 0 Å². The molecule has 4 nitrogen and oxygen atoms in total. The van der Waals surface area contributed by atoms with Gasteiger partial charge in [-0.15, -0.1) is 0 Å². The van der Waals surface area contributed by atoms with Gasteiger partial charge in [-0.3, -0.25) is 4.57 Å². The van der Waals surface area contributed by atoms with Crippen LogP contribution in [0.5, 0.6) is 0 Å². The lowest BCUT2D eigenvalue weighted by atomic mass is 9.77. The van der Waals surface area contributed by atoms with Crippen LogP contribution in [-0.2, 0) is 5.41 Å². The van der Waals surface area contributed by atoms with Gasteiger partial charge in [0, 0.05) is 35.1 Å². The Morgan fingerprint density at radius 1 is 0.660 bits per heavy atom. The summed E-state index contributed by atoms with van der Waals surface area (Å²) in [6, 6.07) is 46.5. The van der Waals surface area contributed by atoms with Crippen molar-refractivity contribution in [1.29, 1.82) is 0 Å². The van der Waals surface area contributed by atoms with Crippen LogP contribution in [0.1, 0.15) is 50.3 Å². The minimum absolute atomic E-state index is 0.234. The lowest BCUT2D eigenvalue weighted by Gasteiger charge is -2.28. The van der Waals surface area contributed by atoms with E-state index in [0.29, 0.717) is 5.92 Å². The first-order valence-corrected chi connectivity index (χ1v) is 16.6. The molecule has 8 rings (SSSR count). The van der Waals surface area contributed by atoms with Gasteiger partial charge in [-0.05, 0) is 82.3 Å². The maximum Gasteiger partial charge on any atom is 0.138 e. The molecule has 232 valence electrons. The fourth-order valence-electron chi connectivity index (χ4n) is 7.41. The van der Waals surface area contributed by atoms with Crippen molar-refractivity contribution in [2.24, 2.45) is 0 Å². The smallest absolute Gasteiger partial charge is 0.138 e. The summed E-state index contributed by atoms with van der Waals surface area (Å²) in [7, 11) is 2.16. The Hall–Kier alpha value is -5.35. The predicted molar refractivity (Wildman–Crippen MR) is 199 cm³/mol. The molecule has 0 radical (unpaired) electrons. The lowest BCUT2D eigenvalue weighted by molar-refractivity contribution is 0.641. The van der Waals surface area contributed by atoms with E-state index in [1.165, 1.54) is 61.2 Å². The highest BCUT2D eigenvalue weighted by Gasteiger charge is 2.28. The van der Waals surface area contributed by atoms with Crippen LogP contribution in [0, 0.1) is 0 Å². The SMILES string of the molecule is CC(C)c1ccccc1-c1ccnc(-n2c3ccccc3c3ccc(C(C)(C)c4cccc(N5CN(C)c6ccccc65)c4)cc32)c1. The number of fused-ring (bicyclic) bond motifs is 4. The molecule has 0 spiro atoms. The predicted octanol–water partition coefficient (Wildman–Crippen LogP) is 10.8. The fourth-order valence-corrected chi connectivity index (χ4v) is 7.41. The second-order valence-corrected chi connectivity index (χ2v) is 13.7. The van der Waals surface area contributed by atoms with Crippen molar-refractivity contribution in [3.63, 3.8) is 0 Å². The zero-order valence-corrected chi connectivity index (χ0v) is 27.8. The number of nitrogens with zero attached hydrogens (tertiary/aromatic N) is 4. The Labute approximate surface area is 277 Å². The Morgan fingerprint density at radius 2 is 1.38 bits per heavy atom. The quantitative estimate of drug-likeness (QED) is 0.187. The topological polar surface area (TPSA) is 24.3 Å². The molecule has 0 atom stereocenters. The summed E-state index contributed by atoms with van der Waals surface area (Å²) in [5.74, 6) is 1.36. The highest BCUT2D eigenvalue weighted by molar-refractivity contribution is 6.09. The maximum atomic E-state index is 4.97. The highest BCUT2D eigenvalue weighted by Crippen LogP contribution is 2.42. The van der Waals surface area contributed by atoms with Gasteiger partial charge in [0.25, 0.3) is 0 Å². The molecular formula is C43H40N4. The average molecular weight is 613 g/mol. The van der Waals surface area contributed by atoms with Crippen molar-refractivity contribution in [3.8, 4) is 16.9 Å². The molecule has 0 amide bonds. The number of hydrogen-bond acceptors (Lipinski definition) is 3. The number of hydrogen-bond donors (Lipinski definition) is 0. The molecule has 0 saturated heterocycles. The number of pyridine rings is 1. The van der Waals surface area contributed by atoms with E-state index in [1.54, 1.807) is 0 Å². The molecule has 1 aliphatic heterocycles. The Kier molecular flexibility index (Phi) is 6.91. The molecule has 0 unspecified atom stereocenters. The first-order valence-electron chi connectivity index (χ1n) is 16.6. The van der Waals surface area contributed by atoms with Gasteiger partial charge in [0.15, 0.2) is 0 Å². The van der Waals surface area contributed by atoms with Crippen LogP contribution in [0.2, 0.25) is 0 Å². The van der Waals surface area contributed by atoms with Crippen molar-refractivity contribution in [2.75, 3.05) is 23.5 Å². The zero-order valence-electron chi connectivity index (χ0n) is 27.8. The summed E-state index contributed by atoms with van der Waals surface area (Å²) in [5.41, 5.74) is 12.2. The van der Waals surface area contributed by atoms with Gasteiger partial charge in [-0.2, -0.15) is 0 Å². The summed E-state index contributed by atoms with van der Waals surface area (Å²) in [5, 5.41) is 2.47. The van der Waals surface area contributed by atoms with E-state index in [-0.39, 0.29) is 5.41 Å². The summed E-state index contributed by atoms with van der Waals surface area (Å²) in [4.78, 5) is 9.68. The monoisotopic (exact) mass is 612 g/mol. The summed E-state index contributed by atoms with van der Waals surface area (Å²) in [6.07, 6.45) is 1.95. The summed E-state index contributed by atoms with van der Waals surface area (Å²) < 4.78 is 2.35. The van der Waals surface area contributed by atoms with Gasteiger partial charge in [-0.1, -0.05) is 107 Å². The van der Waals surface area contributed by atoms with Gasteiger partial charge in [0.05, 0.1) is 29.1 Å². The molecule has 0 aliphatic carbocycles. The minimum Gasteiger partial charge on any atom is -0.355 e. The molecule has 0 saturated carbocycles. The number of aromatic nitrogens is 2. The number of anilines is 3. The number of benzene rings is 5. The third-order valence-electron chi connectivity index (χ3n) is 10.1. The molecule has 0 bridgehead atoms. The van der Waals surface area contributed by atoms with E-state index in [4.69, 9.17) is 4.98 Å². The Morgan fingerprint density at radius 3 is 2.23 bits per heavy atom. The van der Waals surface area contributed by atoms with Gasteiger partial charge < -0.3 is 9.80 Å². The fraction of sp³-hybridized carbons (Fsp3) is 0.186. The highest BCUT2D eigenvalue weighted by atomic mass is 15.4. The van der Waals surface area contributed by atoms with Crippen LogP contribution in [0.15, 0.2) is 134 Å². The van der Waals surface area contributed by atoms with Gasteiger partial charge in [-0.25, -0.2) is 4.98 Å². The third kappa shape index (κ3) is 4.79. The van der Waals surface area contributed by atoms with Gasteiger partial charge in [0.1, 0.15) is 5.82 Å². The molecule has 7 aromatic rings. The number of rotatable bonds is 6. The molecule has 1 aliphatic rings. The molecule has 0 N–H and O–H groups in total. The second kappa shape index (κ2) is 11.2. The first kappa shape index (κ1) is 29.1. The molecule has 4 heteroatoms. The van der Waals surface area contributed by atoms with Crippen LogP contribution < -0.4 is 9.80 Å². The van der Waals surface area contributed by atoms with Crippen molar-refractivity contribution >= 4 is 38.9 Å². The molecule has 47 heavy (non-hydrogen) atoms. The lowest BCUT2D eigenvalue weighted by Crippen LogP contribution is -2.25. The van der Waals surface area contributed by atoms with Crippen molar-refractivity contribution in [2.45, 2.75) is 39.0 Å². The average Bonchev–Trinajstić information content (AvgIpc) is 3.62. The van der Waals surface area contributed by atoms with Crippen molar-refractivity contribution in [1.82, 2.24) is 9.55 Å². The van der Waals surface area contributed by atoms with Crippen LogP contribution in [-0.4, -0.2) is 23.3 Å². The van der Waals surface area contributed by atoms with E-state index in [1.807, 2.05) is 6.20 Å². The van der Waals surface area contributed by atoms with Crippen LogP contribution in [0.3, 0.4) is 0 Å². The largest absolute Gasteiger partial charge is 0.355 e. The van der Waals surface area contributed by atoms with E-state index in [9.17, 15) is 0 Å². The Bertz CT molecular complexity index is 2270. The van der Waals surface area contributed by atoms with Crippen LogP contribution >= 0.6 is 0 Å². The van der Waals surface area contributed by atoms with Crippen LogP contribution in [0.4, 0.5) is 17.1 Å². The molecule has 0 fully saturated rings. The molecular weight excluding hydrogens is 573 g/mol. The first-order chi connectivity index (χ1) is 22.8. The van der Waals surface area contributed by atoms with Crippen LogP contribution in [0.25, 0.3) is 38.8 Å². The summed E-state index contributed by atoms with van der Waals surface area (Å²) in [6.45, 7) is 10.0. The Balaban J connectivity index is 1.25. The van der Waals surface area contributed by atoms with Crippen molar-refractivity contribution in [3.05, 3.63) is 150 Å². The second-order valence-electron chi connectivity index (χ2n) is 13.7. The normalized spacial score (nSPS) is 13.2. The van der Waals surface area contributed by atoms with Gasteiger partial charge >= 0.3 is 0 Å². The third-order valence-corrected chi connectivity index (χ3v) is 10.1. The number of para-hydroxylation sites is 3. The van der Waals surface area contributed by atoms with E-state index in [0.717, 1.165) is 18.0 Å². The molecule has 2 aromatic heterocycles. The van der Waals surface area contributed by atoms with E-state index in [2.05, 4.69) is 177 Å². The summed E-state index contributed by atoms with van der Waals surface area (Å²) >= 11 is 0. The zero-order chi connectivity index (χ0) is 32.3. The maximum absolute atomic E-state index is 4.97.